The number of rotatable bonds is 3. The van der Waals surface area contributed by atoms with E-state index in [0.717, 1.165) is 6.07 Å². The van der Waals surface area contributed by atoms with Gasteiger partial charge in [0.2, 0.25) is 0 Å². The van der Waals surface area contributed by atoms with Crippen LogP contribution in [0.1, 0.15) is 25.0 Å². The first-order valence-electron chi connectivity index (χ1n) is 6.39. The summed E-state index contributed by atoms with van der Waals surface area (Å²) in [7, 11) is 0. The van der Waals surface area contributed by atoms with E-state index in [9.17, 15) is 17.6 Å². The average molecular weight is 310 g/mol. The highest BCUT2D eigenvalue weighted by atomic mass is 35.5. The molecule has 0 unspecified atom stereocenters. The molecule has 112 valence electrons. The molecule has 0 N–H and O–H groups in total. The van der Waals surface area contributed by atoms with Gasteiger partial charge in [0.05, 0.1) is 5.56 Å². The Labute approximate surface area is 120 Å². The normalized spacial score (nSPS) is 19.2. The Morgan fingerprint density at radius 3 is 2.40 bits per heavy atom. The van der Waals surface area contributed by atoms with Crippen LogP contribution >= 0.6 is 11.6 Å². The van der Waals surface area contributed by atoms with Gasteiger partial charge in [0.25, 0.3) is 0 Å². The molecule has 1 aromatic carbocycles. The topological polar surface area (TPSA) is 3.24 Å². The smallest absolute Gasteiger partial charge is 0.293 e. The van der Waals surface area contributed by atoms with Crippen LogP contribution in [0.25, 0.3) is 0 Å². The SMILES string of the molecule is CC(C)C1(F)CN(Cc2ccc(Cl)cc2C(F)(F)F)C1. The number of hydrogen-bond donors (Lipinski definition) is 0. The van der Waals surface area contributed by atoms with Gasteiger partial charge >= 0.3 is 6.18 Å². The first-order chi connectivity index (χ1) is 9.12. The summed E-state index contributed by atoms with van der Waals surface area (Å²) < 4.78 is 52.9. The lowest BCUT2D eigenvalue weighted by Crippen LogP contribution is -2.61. The third-order valence-corrected chi connectivity index (χ3v) is 4.01. The Balaban J connectivity index is 2.12. The van der Waals surface area contributed by atoms with Crippen LogP contribution in [0.15, 0.2) is 18.2 Å². The van der Waals surface area contributed by atoms with Gasteiger partial charge < -0.3 is 0 Å². The van der Waals surface area contributed by atoms with E-state index in [1.165, 1.54) is 12.1 Å². The van der Waals surface area contributed by atoms with E-state index in [1.807, 2.05) is 0 Å². The van der Waals surface area contributed by atoms with Crippen molar-refractivity contribution in [3.8, 4) is 0 Å². The summed E-state index contributed by atoms with van der Waals surface area (Å²) in [6, 6.07) is 3.71. The Bertz CT molecular complexity index is 492. The van der Waals surface area contributed by atoms with E-state index < -0.39 is 17.4 Å². The van der Waals surface area contributed by atoms with Crippen LogP contribution in [0.3, 0.4) is 0 Å². The Kier molecular flexibility index (Phi) is 4.04. The van der Waals surface area contributed by atoms with Gasteiger partial charge in [-0.1, -0.05) is 31.5 Å². The third-order valence-electron chi connectivity index (χ3n) is 3.78. The molecule has 1 aromatic rings. The van der Waals surface area contributed by atoms with Gasteiger partial charge in [-0.2, -0.15) is 13.2 Å². The zero-order valence-corrected chi connectivity index (χ0v) is 12.0. The van der Waals surface area contributed by atoms with E-state index in [2.05, 4.69) is 0 Å². The molecule has 20 heavy (non-hydrogen) atoms. The van der Waals surface area contributed by atoms with Crippen molar-refractivity contribution in [3.05, 3.63) is 34.3 Å². The van der Waals surface area contributed by atoms with Crippen molar-refractivity contribution in [2.75, 3.05) is 13.1 Å². The second-order valence-corrected chi connectivity index (χ2v) is 6.07. The molecule has 1 heterocycles. The maximum Gasteiger partial charge on any atom is 0.416 e. The van der Waals surface area contributed by atoms with Crippen LogP contribution in [0, 0.1) is 5.92 Å². The minimum Gasteiger partial charge on any atom is -0.293 e. The summed E-state index contributed by atoms with van der Waals surface area (Å²) in [4.78, 5) is 1.68. The molecule has 1 nitrogen and oxygen atoms in total. The van der Waals surface area contributed by atoms with E-state index in [1.54, 1.807) is 18.7 Å². The molecule has 0 aliphatic carbocycles. The maximum absolute atomic E-state index is 14.1. The summed E-state index contributed by atoms with van der Waals surface area (Å²) in [5.74, 6) is -0.133. The molecule has 0 bridgehead atoms. The van der Waals surface area contributed by atoms with Crippen LogP contribution in [-0.2, 0) is 12.7 Å². The van der Waals surface area contributed by atoms with Crippen molar-refractivity contribution in [3.63, 3.8) is 0 Å². The lowest BCUT2D eigenvalue weighted by Gasteiger charge is -2.47. The zero-order valence-electron chi connectivity index (χ0n) is 11.3. The van der Waals surface area contributed by atoms with Crippen molar-refractivity contribution in [2.45, 2.75) is 32.2 Å². The fourth-order valence-corrected chi connectivity index (χ4v) is 2.54. The fraction of sp³-hybridized carbons (Fsp3) is 0.571. The van der Waals surface area contributed by atoms with Crippen LogP contribution < -0.4 is 0 Å². The standard InChI is InChI=1S/C14H16ClF4N/c1-9(2)13(16)7-20(8-13)6-10-3-4-11(15)5-12(10)14(17,18)19/h3-5,9H,6-8H2,1-2H3. The van der Waals surface area contributed by atoms with Crippen molar-refractivity contribution in [1.29, 1.82) is 0 Å². The van der Waals surface area contributed by atoms with Gasteiger partial charge in [-0.25, -0.2) is 4.39 Å². The first kappa shape index (κ1) is 15.6. The molecule has 0 spiro atoms. The Morgan fingerprint density at radius 2 is 1.90 bits per heavy atom. The van der Waals surface area contributed by atoms with Crippen molar-refractivity contribution in [1.82, 2.24) is 4.90 Å². The number of hydrogen-bond acceptors (Lipinski definition) is 1. The van der Waals surface area contributed by atoms with Gasteiger partial charge in [-0.15, -0.1) is 0 Å². The Hall–Kier alpha value is -0.810. The lowest BCUT2D eigenvalue weighted by atomic mass is 9.84. The molecule has 1 fully saturated rings. The summed E-state index contributed by atoms with van der Waals surface area (Å²) >= 11 is 5.62. The molecular weight excluding hydrogens is 294 g/mol. The molecule has 6 heteroatoms. The van der Waals surface area contributed by atoms with Crippen LogP contribution in [0.5, 0.6) is 0 Å². The molecule has 2 rings (SSSR count). The molecule has 1 aliphatic rings. The molecule has 1 saturated heterocycles. The second kappa shape index (κ2) is 5.19. The number of nitrogens with zero attached hydrogens (tertiary/aromatic N) is 1. The lowest BCUT2D eigenvalue weighted by molar-refractivity contribution is -0.139. The minimum absolute atomic E-state index is 0.0479. The number of benzene rings is 1. The number of alkyl halides is 4. The summed E-state index contributed by atoms with van der Waals surface area (Å²) in [5, 5.41) is 0.0479. The monoisotopic (exact) mass is 309 g/mol. The highest BCUT2D eigenvalue weighted by Crippen LogP contribution is 2.37. The van der Waals surface area contributed by atoms with Crippen LogP contribution in [0.2, 0.25) is 5.02 Å². The molecule has 1 aliphatic heterocycles. The van der Waals surface area contributed by atoms with E-state index in [4.69, 9.17) is 11.6 Å². The van der Waals surface area contributed by atoms with Gasteiger partial charge in [0, 0.05) is 24.7 Å². The van der Waals surface area contributed by atoms with Crippen molar-refractivity contribution < 1.29 is 17.6 Å². The Morgan fingerprint density at radius 1 is 1.30 bits per heavy atom. The van der Waals surface area contributed by atoms with Gasteiger partial charge in [0.15, 0.2) is 0 Å². The fourth-order valence-electron chi connectivity index (χ4n) is 2.37. The van der Waals surface area contributed by atoms with E-state index in [-0.39, 0.29) is 36.1 Å². The maximum atomic E-state index is 14.1. The summed E-state index contributed by atoms with van der Waals surface area (Å²) in [6.45, 7) is 3.99. The first-order valence-corrected chi connectivity index (χ1v) is 6.76. The summed E-state index contributed by atoms with van der Waals surface area (Å²) in [6.07, 6.45) is -4.45. The molecule has 0 radical (unpaired) electrons. The average Bonchev–Trinajstić information content (AvgIpc) is 2.27. The zero-order chi connectivity index (χ0) is 15.1. The van der Waals surface area contributed by atoms with Gasteiger partial charge in [-0.05, 0) is 23.6 Å². The molecule has 0 amide bonds. The molecule has 0 atom stereocenters. The largest absolute Gasteiger partial charge is 0.416 e. The predicted octanol–water partition coefficient (Wildman–Crippen LogP) is 4.54. The van der Waals surface area contributed by atoms with E-state index >= 15 is 0 Å². The minimum atomic E-state index is -4.45. The number of likely N-dealkylation sites (tertiary alicyclic amines) is 1. The third kappa shape index (κ3) is 3.09. The van der Waals surface area contributed by atoms with Crippen LogP contribution in [-0.4, -0.2) is 23.7 Å². The molecular formula is C14H16ClF4N. The van der Waals surface area contributed by atoms with Crippen LogP contribution in [0.4, 0.5) is 17.6 Å². The quantitative estimate of drug-likeness (QED) is 0.741. The predicted molar refractivity (Wildman–Crippen MR) is 70.4 cm³/mol. The van der Waals surface area contributed by atoms with Crippen molar-refractivity contribution >= 4 is 11.6 Å². The number of halogens is 5. The molecule has 0 saturated carbocycles. The molecule has 0 aromatic heterocycles. The van der Waals surface area contributed by atoms with Crippen molar-refractivity contribution in [2.24, 2.45) is 5.92 Å². The second-order valence-electron chi connectivity index (χ2n) is 5.63. The van der Waals surface area contributed by atoms with Gasteiger partial charge in [0.1, 0.15) is 5.67 Å². The van der Waals surface area contributed by atoms with E-state index in [0.29, 0.717) is 0 Å². The highest BCUT2D eigenvalue weighted by molar-refractivity contribution is 6.30. The highest BCUT2D eigenvalue weighted by Gasteiger charge is 2.46. The van der Waals surface area contributed by atoms with Gasteiger partial charge in [-0.3, -0.25) is 4.90 Å². The summed E-state index contributed by atoms with van der Waals surface area (Å²) in [5.41, 5.74) is -1.90.